The van der Waals surface area contributed by atoms with Gasteiger partial charge in [0.1, 0.15) is 12.7 Å². The Kier molecular flexibility index (Phi) is 9.05. The van der Waals surface area contributed by atoms with E-state index in [-0.39, 0.29) is 6.61 Å². The number of hydrogen-bond acceptors (Lipinski definition) is 6. The van der Waals surface area contributed by atoms with Gasteiger partial charge in [-0.3, -0.25) is 4.90 Å². The molecule has 1 saturated heterocycles. The molecule has 1 atom stereocenters. The van der Waals surface area contributed by atoms with Crippen LogP contribution >= 0.6 is 0 Å². The molecule has 1 aliphatic heterocycles. The third-order valence-electron chi connectivity index (χ3n) is 6.17. The smallest absolute Gasteiger partial charge is 0.161 e. The molecule has 6 nitrogen and oxygen atoms in total. The maximum Gasteiger partial charge on any atom is 0.161 e. The fourth-order valence-electron chi connectivity index (χ4n) is 4.26. The van der Waals surface area contributed by atoms with E-state index in [2.05, 4.69) is 28.2 Å². The van der Waals surface area contributed by atoms with Crippen LogP contribution < -0.4 is 14.8 Å². The molecule has 0 bridgehead atoms. The summed E-state index contributed by atoms with van der Waals surface area (Å²) >= 11 is 0. The molecule has 1 unspecified atom stereocenters. The number of piperazine rings is 1. The van der Waals surface area contributed by atoms with Gasteiger partial charge in [-0.1, -0.05) is 31.7 Å². The molecule has 1 aliphatic carbocycles. The lowest BCUT2D eigenvalue weighted by Crippen LogP contribution is -2.47. The van der Waals surface area contributed by atoms with Crippen molar-refractivity contribution in [3.8, 4) is 11.5 Å². The predicted octanol–water partition coefficient (Wildman–Crippen LogP) is 2.49. The number of nitrogens with zero attached hydrogens (tertiary/aromatic N) is 2. The molecule has 2 fully saturated rings. The highest BCUT2D eigenvalue weighted by Crippen LogP contribution is 2.28. The summed E-state index contributed by atoms with van der Waals surface area (Å²) in [5.74, 6) is 1.43. The van der Waals surface area contributed by atoms with Crippen LogP contribution in [0.5, 0.6) is 11.5 Å². The number of hydrogen-bond donors (Lipinski definition) is 2. The number of nitrogens with one attached hydrogen (secondary N) is 1. The minimum atomic E-state index is -0.504. The predicted molar refractivity (Wildman–Crippen MR) is 117 cm³/mol. The average molecular weight is 406 g/mol. The largest absolute Gasteiger partial charge is 0.493 e. The first kappa shape index (κ1) is 22.3. The quantitative estimate of drug-likeness (QED) is 0.616. The summed E-state index contributed by atoms with van der Waals surface area (Å²) in [6, 6.07) is 6.72. The average Bonchev–Trinajstić information content (AvgIpc) is 3.01. The third-order valence-corrected chi connectivity index (χ3v) is 6.17. The van der Waals surface area contributed by atoms with Crippen molar-refractivity contribution in [3.05, 3.63) is 23.8 Å². The summed E-state index contributed by atoms with van der Waals surface area (Å²) < 4.78 is 11.4. The van der Waals surface area contributed by atoms with Crippen LogP contribution in [-0.4, -0.2) is 80.5 Å². The molecule has 1 heterocycles. The van der Waals surface area contributed by atoms with Gasteiger partial charge in [0, 0.05) is 45.3 Å². The maximum absolute atomic E-state index is 10.4. The van der Waals surface area contributed by atoms with Crippen molar-refractivity contribution >= 4 is 0 Å². The zero-order valence-corrected chi connectivity index (χ0v) is 18.2. The minimum absolute atomic E-state index is 0.280. The molecule has 0 aromatic heterocycles. The SMILES string of the molecule is COc1ccc(CNC2CCCCCC2)cc1OCC(O)CN1CCN(C)CC1. The minimum Gasteiger partial charge on any atom is -0.493 e. The Balaban J connectivity index is 1.48. The van der Waals surface area contributed by atoms with Crippen LogP contribution in [0.4, 0.5) is 0 Å². The van der Waals surface area contributed by atoms with Gasteiger partial charge in [0.15, 0.2) is 11.5 Å². The van der Waals surface area contributed by atoms with Crippen molar-refractivity contribution in [2.45, 2.75) is 57.2 Å². The molecule has 164 valence electrons. The van der Waals surface area contributed by atoms with E-state index in [0.717, 1.165) is 38.5 Å². The number of β-amino-alcohol motifs (C(OH)–C–C–N with tert-alkyl or cyclic N) is 1. The van der Waals surface area contributed by atoms with Crippen LogP contribution in [0.25, 0.3) is 0 Å². The second kappa shape index (κ2) is 11.7. The summed E-state index contributed by atoms with van der Waals surface area (Å²) in [7, 11) is 3.80. The summed E-state index contributed by atoms with van der Waals surface area (Å²) in [6.45, 7) is 5.88. The number of benzene rings is 1. The highest BCUT2D eigenvalue weighted by molar-refractivity contribution is 5.43. The van der Waals surface area contributed by atoms with Crippen LogP contribution in [-0.2, 0) is 6.54 Å². The lowest BCUT2D eigenvalue weighted by molar-refractivity contribution is 0.0497. The van der Waals surface area contributed by atoms with Crippen molar-refractivity contribution in [2.75, 3.05) is 53.5 Å². The van der Waals surface area contributed by atoms with Crippen LogP contribution in [0.15, 0.2) is 18.2 Å². The Morgan fingerprint density at radius 2 is 1.79 bits per heavy atom. The number of likely N-dealkylation sites (N-methyl/N-ethyl adjacent to an activating group) is 1. The molecular formula is C23H39N3O3. The zero-order chi connectivity index (χ0) is 20.5. The van der Waals surface area contributed by atoms with Crippen molar-refractivity contribution in [3.63, 3.8) is 0 Å². The molecule has 0 amide bonds. The normalized spacial score (nSPS) is 20.9. The van der Waals surface area contributed by atoms with Gasteiger partial charge in [-0.25, -0.2) is 0 Å². The van der Waals surface area contributed by atoms with Crippen LogP contribution in [0.1, 0.15) is 44.1 Å². The van der Waals surface area contributed by atoms with Crippen molar-refractivity contribution in [1.82, 2.24) is 15.1 Å². The summed E-state index contributed by atoms with van der Waals surface area (Å²) in [5, 5.41) is 14.1. The molecule has 2 N–H and O–H groups in total. The van der Waals surface area contributed by atoms with E-state index in [1.165, 1.54) is 44.1 Å². The second-order valence-corrected chi connectivity index (χ2v) is 8.62. The van der Waals surface area contributed by atoms with E-state index in [4.69, 9.17) is 9.47 Å². The first-order valence-electron chi connectivity index (χ1n) is 11.3. The fourth-order valence-corrected chi connectivity index (χ4v) is 4.26. The maximum atomic E-state index is 10.4. The molecule has 1 aromatic carbocycles. The highest BCUT2D eigenvalue weighted by atomic mass is 16.5. The number of aliphatic hydroxyl groups is 1. The lowest BCUT2D eigenvalue weighted by Gasteiger charge is -2.33. The first-order valence-corrected chi connectivity index (χ1v) is 11.3. The van der Waals surface area contributed by atoms with Gasteiger partial charge in [-0.05, 0) is 37.6 Å². The van der Waals surface area contributed by atoms with E-state index in [1.807, 2.05) is 12.1 Å². The lowest BCUT2D eigenvalue weighted by atomic mass is 10.1. The Morgan fingerprint density at radius 3 is 2.48 bits per heavy atom. The van der Waals surface area contributed by atoms with Gasteiger partial charge < -0.3 is 24.8 Å². The summed E-state index contributed by atoms with van der Waals surface area (Å²) in [4.78, 5) is 4.62. The van der Waals surface area contributed by atoms with Crippen LogP contribution in [0.2, 0.25) is 0 Å². The van der Waals surface area contributed by atoms with Gasteiger partial charge in [-0.15, -0.1) is 0 Å². The topological polar surface area (TPSA) is 57.2 Å². The van der Waals surface area contributed by atoms with E-state index in [0.29, 0.717) is 18.3 Å². The Hall–Kier alpha value is -1.34. The Labute approximate surface area is 176 Å². The van der Waals surface area contributed by atoms with Crippen molar-refractivity contribution in [2.24, 2.45) is 0 Å². The standard InChI is InChI=1S/C23H39N3O3/c1-25-11-13-26(14-12-25)17-21(27)18-29-23-15-19(9-10-22(23)28-2)16-24-20-7-5-3-4-6-8-20/h9-10,15,20-21,24,27H,3-8,11-14,16-18H2,1-2H3. The molecule has 29 heavy (non-hydrogen) atoms. The molecule has 0 radical (unpaired) electrons. The van der Waals surface area contributed by atoms with Crippen molar-refractivity contribution in [1.29, 1.82) is 0 Å². The van der Waals surface area contributed by atoms with Crippen LogP contribution in [0.3, 0.4) is 0 Å². The third kappa shape index (κ3) is 7.45. The molecule has 1 saturated carbocycles. The molecule has 1 aromatic rings. The van der Waals surface area contributed by atoms with Crippen LogP contribution in [0, 0.1) is 0 Å². The second-order valence-electron chi connectivity index (χ2n) is 8.62. The Bertz CT molecular complexity index is 597. The van der Waals surface area contributed by atoms with Gasteiger partial charge in [0.25, 0.3) is 0 Å². The number of aliphatic hydroxyl groups excluding tert-OH is 1. The van der Waals surface area contributed by atoms with Gasteiger partial charge in [-0.2, -0.15) is 0 Å². The Morgan fingerprint density at radius 1 is 1.07 bits per heavy atom. The fraction of sp³-hybridized carbons (Fsp3) is 0.739. The van der Waals surface area contributed by atoms with E-state index >= 15 is 0 Å². The summed E-state index contributed by atoms with van der Waals surface area (Å²) in [6.07, 6.45) is 7.45. The monoisotopic (exact) mass is 405 g/mol. The van der Waals surface area contributed by atoms with E-state index < -0.39 is 6.10 Å². The molecule has 3 rings (SSSR count). The molecule has 0 spiro atoms. The molecular weight excluding hydrogens is 366 g/mol. The van der Waals surface area contributed by atoms with Gasteiger partial charge in [0.05, 0.1) is 7.11 Å². The number of rotatable bonds is 9. The summed E-state index contributed by atoms with van der Waals surface area (Å²) in [5.41, 5.74) is 1.19. The zero-order valence-electron chi connectivity index (χ0n) is 18.2. The van der Waals surface area contributed by atoms with Gasteiger partial charge >= 0.3 is 0 Å². The van der Waals surface area contributed by atoms with E-state index in [1.54, 1.807) is 7.11 Å². The first-order chi connectivity index (χ1) is 14.1. The highest BCUT2D eigenvalue weighted by Gasteiger charge is 2.18. The molecule has 6 heteroatoms. The van der Waals surface area contributed by atoms with Gasteiger partial charge in [0.2, 0.25) is 0 Å². The van der Waals surface area contributed by atoms with E-state index in [9.17, 15) is 5.11 Å². The number of methoxy groups -OCH3 is 1. The van der Waals surface area contributed by atoms with Crippen molar-refractivity contribution < 1.29 is 14.6 Å². The number of ether oxygens (including phenoxy) is 2. The molecule has 2 aliphatic rings.